The highest BCUT2D eigenvalue weighted by molar-refractivity contribution is 9.10. The highest BCUT2D eigenvalue weighted by atomic mass is 79.9. The molecule has 0 saturated carbocycles. The number of hydrogen-bond acceptors (Lipinski definition) is 6. The number of halogens is 2. The molecule has 0 aromatic carbocycles. The molecule has 0 fully saturated rings. The zero-order valence-corrected chi connectivity index (χ0v) is 13.4. The van der Waals surface area contributed by atoms with Crippen LogP contribution in [0, 0.1) is 10.1 Å². The number of nitro groups is 1. The van der Waals surface area contributed by atoms with Crippen molar-refractivity contribution in [2.75, 3.05) is 5.75 Å². The quantitative estimate of drug-likeness (QED) is 0.348. The molecule has 6 nitrogen and oxygen atoms in total. The van der Waals surface area contributed by atoms with Crippen LogP contribution in [-0.4, -0.2) is 25.6 Å². The van der Waals surface area contributed by atoms with Gasteiger partial charge < -0.3 is 0 Å². The predicted octanol–water partition coefficient (Wildman–Crippen LogP) is 3.97. The fourth-order valence-electron chi connectivity index (χ4n) is 1.45. The first-order valence-electron chi connectivity index (χ1n) is 5.48. The number of pyridine rings is 1. The second kappa shape index (κ2) is 6.47. The maximum absolute atomic E-state index is 10.7. The third-order valence-electron chi connectivity index (χ3n) is 2.25. The van der Waals surface area contributed by atoms with Gasteiger partial charge in [-0.2, -0.15) is 0 Å². The Morgan fingerprint density at radius 2 is 2.20 bits per heavy atom. The van der Waals surface area contributed by atoms with Gasteiger partial charge in [0, 0.05) is 15.6 Å². The van der Waals surface area contributed by atoms with Crippen molar-refractivity contribution < 1.29 is 4.92 Å². The molecule has 0 radical (unpaired) electrons. The molecule has 2 heterocycles. The molecule has 104 valence electrons. The Kier molecular flexibility index (Phi) is 4.90. The van der Waals surface area contributed by atoms with Crippen LogP contribution in [0.3, 0.4) is 0 Å². The molecule has 20 heavy (non-hydrogen) atoms. The van der Waals surface area contributed by atoms with Crippen LogP contribution in [0.1, 0.15) is 6.92 Å². The lowest BCUT2D eigenvalue weighted by molar-refractivity contribution is -0.385. The Morgan fingerprint density at radius 1 is 1.45 bits per heavy atom. The van der Waals surface area contributed by atoms with Crippen LogP contribution in [0.25, 0.3) is 11.5 Å². The molecule has 0 bridgehead atoms. The minimum Gasteiger partial charge on any atom is -0.258 e. The second-order valence-electron chi connectivity index (χ2n) is 3.56. The Balaban J connectivity index is 2.51. The van der Waals surface area contributed by atoms with Crippen molar-refractivity contribution in [2.45, 2.75) is 11.8 Å². The van der Waals surface area contributed by atoms with Crippen molar-refractivity contribution in [3.05, 3.63) is 38.2 Å². The lowest BCUT2D eigenvalue weighted by Crippen LogP contribution is -1.98. The van der Waals surface area contributed by atoms with Crippen molar-refractivity contribution >= 4 is 45.0 Å². The van der Waals surface area contributed by atoms with Gasteiger partial charge in [-0.3, -0.25) is 15.1 Å². The van der Waals surface area contributed by atoms with Crippen molar-refractivity contribution in [3.8, 4) is 11.5 Å². The summed E-state index contributed by atoms with van der Waals surface area (Å²) in [5.74, 6) is 1.12. The van der Waals surface area contributed by atoms with E-state index >= 15 is 0 Å². The molecule has 2 aromatic rings. The van der Waals surface area contributed by atoms with Crippen molar-refractivity contribution in [1.82, 2.24) is 15.0 Å². The van der Waals surface area contributed by atoms with Gasteiger partial charge >= 0.3 is 5.69 Å². The maximum atomic E-state index is 10.7. The highest BCUT2D eigenvalue weighted by Gasteiger charge is 2.18. The fraction of sp³-hybridized carbons (Fsp3) is 0.182. The van der Waals surface area contributed by atoms with Gasteiger partial charge in [-0.1, -0.05) is 18.5 Å². The van der Waals surface area contributed by atoms with E-state index in [1.165, 1.54) is 0 Å². The van der Waals surface area contributed by atoms with E-state index in [1.54, 1.807) is 18.0 Å². The van der Waals surface area contributed by atoms with Crippen molar-refractivity contribution in [3.63, 3.8) is 0 Å². The first kappa shape index (κ1) is 15.1. The van der Waals surface area contributed by atoms with E-state index in [0.717, 1.165) is 21.3 Å². The molecular formula is C11H8BrClN4O2S. The number of aromatic nitrogens is 3. The Hall–Kier alpha value is -1.25. The molecule has 0 atom stereocenters. The molecule has 0 N–H and O–H groups in total. The molecule has 2 aromatic heterocycles. The monoisotopic (exact) mass is 374 g/mol. The summed E-state index contributed by atoms with van der Waals surface area (Å²) in [6.45, 7) is 2.01. The molecule has 0 amide bonds. The van der Waals surface area contributed by atoms with Gasteiger partial charge in [0.1, 0.15) is 11.9 Å². The number of thioether (sulfide) groups is 1. The molecular weight excluding hydrogens is 368 g/mol. The molecule has 2 rings (SSSR count). The molecule has 0 saturated heterocycles. The van der Waals surface area contributed by atoms with Gasteiger partial charge in [0.15, 0.2) is 5.82 Å². The standard InChI is InChI=1S/C11H8BrClN4O2S/c1-2-20-8-3-6(12)4-14-9(8)11-15-5-7(17(18)19)10(13)16-11/h3-5H,2H2,1H3. The third-order valence-corrected chi connectivity index (χ3v) is 3.87. The van der Waals surface area contributed by atoms with Gasteiger partial charge in [0.2, 0.25) is 5.15 Å². The molecule has 0 spiro atoms. The van der Waals surface area contributed by atoms with Crippen LogP contribution >= 0.6 is 39.3 Å². The second-order valence-corrected chi connectivity index (χ2v) is 6.14. The first-order valence-corrected chi connectivity index (χ1v) is 7.64. The first-order chi connectivity index (χ1) is 9.52. The summed E-state index contributed by atoms with van der Waals surface area (Å²) in [5, 5.41) is 10.5. The van der Waals surface area contributed by atoms with Gasteiger partial charge in [-0.15, -0.1) is 11.8 Å². The zero-order valence-electron chi connectivity index (χ0n) is 10.2. The smallest absolute Gasteiger partial charge is 0.258 e. The molecule has 0 unspecified atom stereocenters. The zero-order chi connectivity index (χ0) is 14.7. The van der Waals surface area contributed by atoms with Gasteiger partial charge in [-0.25, -0.2) is 9.97 Å². The maximum Gasteiger partial charge on any atom is 0.324 e. The Labute approximate surface area is 132 Å². The van der Waals surface area contributed by atoms with Gasteiger partial charge in [0.25, 0.3) is 0 Å². The molecule has 0 aliphatic rings. The van der Waals surface area contributed by atoms with Crippen LogP contribution in [0.2, 0.25) is 5.15 Å². The third kappa shape index (κ3) is 3.25. The summed E-state index contributed by atoms with van der Waals surface area (Å²) in [6, 6.07) is 1.90. The topological polar surface area (TPSA) is 81.8 Å². The summed E-state index contributed by atoms with van der Waals surface area (Å²) in [6.07, 6.45) is 2.71. The average Bonchev–Trinajstić information content (AvgIpc) is 2.38. The summed E-state index contributed by atoms with van der Waals surface area (Å²) in [7, 11) is 0. The summed E-state index contributed by atoms with van der Waals surface area (Å²) < 4.78 is 0.838. The number of nitrogens with zero attached hydrogens (tertiary/aromatic N) is 4. The summed E-state index contributed by atoms with van der Waals surface area (Å²) in [5.41, 5.74) is 0.231. The lowest BCUT2D eigenvalue weighted by Gasteiger charge is -2.06. The van der Waals surface area contributed by atoms with Crippen LogP contribution in [-0.2, 0) is 0 Å². The van der Waals surface area contributed by atoms with E-state index in [0.29, 0.717) is 5.69 Å². The summed E-state index contributed by atoms with van der Waals surface area (Å²) >= 11 is 10.7. The number of rotatable bonds is 4. The molecule has 0 aliphatic heterocycles. The Morgan fingerprint density at radius 3 is 2.80 bits per heavy atom. The van der Waals surface area contributed by atoms with E-state index in [4.69, 9.17) is 11.6 Å². The SMILES string of the molecule is CCSc1cc(Br)cnc1-c1ncc([N+](=O)[O-])c(Cl)n1. The van der Waals surface area contributed by atoms with Crippen molar-refractivity contribution in [2.24, 2.45) is 0 Å². The largest absolute Gasteiger partial charge is 0.324 e. The number of hydrogen-bond donors (Lipinski definition) is 0. The molecule has 9 heteroatoms. The fourth-order valence-corrected chi connectivity index (χ4v) is 2.93. The average molecular weight is 376 g/mol. The minimum atomic E-state index is -0.622. The van der Waals surface area contributed by atoms with E-state index in [2.05, 4.69) is 30.9 Å². The van der Waals surface area contributed by atoms with Crippen LogP contribution < -0.4 is 0 Å². The van der Waals surface area contributed by atoms with Crippen LogP contribution in [0.4, 0.5) is 5.69 Å². The van der Waals surface area contributed by atoms with E-state index in [9.17, 15) is 10.1 Å². The molecule has 0 aliphatic carbocycles. The van der Waals surface area contributed by atoms with Crippen LogP contribution in [0.15, 0.2) is 27.8 Å². The predicted molar refractivity (Wildman–Crippen MR) is 81.0 cm³/mol. The lowest BCUT2D eigenvalue weighted by atomic mass is 10.3. The van der Waals surface area contributed by atoms with Gasteiger partial charge in [-0.05, 0) is 27.7 Å². The van der Waals surface area contributed by atoms with Gasteiger partial charge in [0.05, 0.1) is 4.92 Å². The van der Waals surface area contributed by atoms with E-state index < -0.39 is 4.92 Å². The Bertz CT molecular complexity index is 671. The van der Waals surface area contributed by atoms with Crippen molar-refractivity contribution in [1.29, 1.82) is 0 Å². The van der Waals surface area contributed by atoms with E-state index in [1.807, 2.05) is 13.0 Å². The minimum absolute atomic E-state index is 0.197. The van der Waals surface area contributed by atoms with Crippen LogP contribution in [0.5, 0.6) is 0 Å². The highest BCUT2D eigenvalue weighted by Crippen LogP contribution is 2.31. The normalized spacial score (nSPS) is 10.6. The van der Waals surface area contributed by atoms with E-state index in [-0.39, 0.29) is 16.7 Å². The summed E-state index contributed by atoms with van der Waals surface area (Å²) in [4.78, 5) is 23.2.